The number of aliphatic imine (C=N–C) groups is 2. The Hall–Kier alpha value is -8.02. The monoisotopic (exact) mass is 795 g/mol. The summed E-state index contributed by atoms with van der Waals surface area (Å²) in [6, 6.07) is 64.4. The van der Waals surface area contributed by atoms with Gasteiger partial charge in [-0.05, 0) is 76.7 Å². The van der Waals surface area contributed by atoms with Crippen LogP contribution in [0.3, 0.4) is 0 Å². The maximum atomic E-state index is 7.06. The fourth-order valence-corrected chi connectivity index (χ4v) is 9.85. The van der Waals surface area contributed by atoms with Crippen LogP contribution in [0.5, 0.6) is 0 Å². The van der Waals surface area contributed by atoms with Gasteiger partial charge >= 0.3 is 0 Å². The number of amidine groups is 1. The van der Waals surface area contributed by atoms with Gasteiger partial charge in [0.2, 0.25) is 0 Å². The largest absolute Gasteiger partial charge is 0.456 e. The first-order chi connectivity index (χ1) is 30.6. The average Bonchev–Trinajstić information content (AvgIpc) is 3.99. The molecule has 4 heterocycles. The molecule has 0 saturated heterocycles. The van der Waals surface area contributed by atoms with Crippen molar-refractivity contribution in [2.45, 2.75) is 13.3 Å². The number of fused-ring (bicyclic) bond motifs is 12. The summed E-state index contributed by atoms with van der Waals surface area (Å²) < 4.78 is 15.9. The third-order valence-corrected chi connectivity index (χ3v) is 12.8. The van der Waals surface area contributed by atoms with E-state index in [1.807, 2.05) is 18.2 Å². The van der Waals surface area contributed by atoms with Crippen LogP contribution in [0.4, 0.5) is 0 Å². The number of rotatable bonds is 4. The lowest BCUT2D eigenvalue weighted by atomic mass is 9.93. The molecule has 62 heavy (non-hydrogen) atoms. The Bertz CT molecular complexity index is 3910. The van der Waals surface area contributed by atoms with Crippen LogP contribution < -0.4 is 0 Å². The van der Waals surface area contributed by atoms with Crippen molar-refractivity contribution in [2.24, 2.45) is 15.9 Å². The first-order valence-electron chi connectivity index (χ1n) is 21.3. The fourth-order valence-electron chi connectivity index (χ4n) is 9.85. The van der Waals surface area contributed by atoms with Crippen LogP contribution in [0.1, 0.15) is 30.0 Å². The lowest BCUT2D eigenvalue weighted by Gasteiger charge is -2.19. The van der Waals surface area contributed by atoms with E-state index >= 15 is 0 Å². The Balaban J connectivity index is 1.11. The predicted octanol–water partition coefficient (Wildman–Crippen LogP) is 15.2. The highest BCUT2D eigenvalue weighted by atomic mass is 16.3. The number of nitrogens with zero attached hydrogens (tertiary/aromatic N) is 3. The number of furan rings is 2. The van der Waals surface area contributed by atoms with Gasteiger partial charge in [-0.2, -0.15) is 0 Å². The molecule has 3 aromatic heterocycles. The number of para-hydroxylation sites is 2. The Labute approximate surface area is 356 Å². The van der Waals surface area contributed by atoms with Gasteiger partial charge < -0.3 is 13.4 Å². The fraction of sp³-hybridized carbons (Fsp3) is 0.0526. The quantitative estimate of drug-likeness (QED) is 0.178. The van der Waals surface area contributed by atoms with Crippen LogP contribution >= 0.6 is 0 Å². The van der Waals surface area contributed by atoms with Gasteiger partial charge in [0.25, 0.3) is 0 Å². The van der Waals surface area contributed by atoms with Crippen molar-refractivity contribution in [3.63, 3.8) is 0 Å². The summed E-state index contributed by atoms with van der Waals surface area (Å²) in [7, 11) is 0. The molecule has 0 saturated carbocycles. The Kier molecular flexibility index (Phi) is 7.58. The highest BCUT2D eigenvalue weighted by Crippen LogP contribution is 2.43. The molecule has 0 fully saturated rings. The number of allylic oxidation sites excluding steroid dienone is 1. The molecule has 0 bridgehead atoms. The summed E-state index contributed by atoms with van der Waals surface area (Å²) in [5.74, 6) is 0.748. The van der Waals surface area contributed by atoms with Gasteiger partial charge in [0, 0.05) is 54.7 Å². The summed E-state index contributed by atoms with van der Waals surface area (Å²) in [5.41, 5.74) is 11.4. The maximum Gasteiger partial charge on any atom is 0.160 e. The Morgan fingerprint density at radius 2 is 1.18 bits per heavy atom. The van der Waals surface area contributed by atoms with E-state index in [0.29, 0.717) is 5.84 Å². The molecule has 5 heteroatoms. The molecule has 0 aliphatic carbocycles. The molecule has 12 aromatic rings. The van der Waals surface area contributed by atoms with E-state index in [9.17, 15) is 0 Å². The van der Waals surface area contributed by atoms with Crippen molar-refractivity contribution in [3.8, 4) is 5.69 Å². The van der Waals surface area contributed by atoms with E-state index in [4.69, 9.17) is 18.8 Å². The summed E-state index contributed by atoms with van der Waals surface area (Å²) >= 11 is 0. The van der Waals surface area contributed by atoms with E-state index in [1.165, 1.54) is 32.3 Å². The zero-order chi connectivity index (χ0) is 40.9. The van der Waals surface area contributed by atoms with Crippen molar-refractivity contribution < 1.29 is 8.83 Å². The summed E-state index contributed by atoms with van der Waals surface area (Å²) in [6.07, 6.45) is 3.04. The lowest BCUT2D eigenvalue weighted by Crippen LogP contribution is -2.17. The van der Waals surface area contributed by atoms with Crippen LogP contribution in [0.15, 0.2) is 207 Å². The first-order valence-corrected chi connectivity index (χ1v) is 21.3. The van der Waals surface area contributed by atoms with Crippen LogP contribution in [-0.4, -0.2) is 16.1 Å². The second kappa shape index (κ2) is 13.5. The zero-order valence-electron chi connectivity index (χ0n) is 33.8. The molecule has 1 atom stereocenters. The first kappa shape index (κ1) is 34.8. The van der Waals surface area contributed by atoms with E-state index in [0.717, 1.165) is 95.1 Å². The standard InChI is InChI=1S/C57H37N3O2/c1-34-23-29-47(39-25-26-42-41-19-9-11-21-50(41)61-52(42)33-39)58-57(59-54(34)36-14-3-2-4-15-36)45-28-30-48(56-53(45)44-20-10-12-22-51(44)62-56)60-49-32-38-17-6-5-16-37(38)31-46(49)43-27-24-35-13-7-8-18-40(35)55(43)60/h2-22,24-34H,23H2,1H3/b47-29+,58-57-,59-54+. The van der Waals surface area contributed by atoms with E-state index < -0.39 is 0 Å². The van der Waals surface area contributed by atoms with Crippen molar-refractivity contribution in [1.82, 2.24) is 4.57 Å². The minimum Gasteiger partial charge on any atom is -0.456 e. The Morgan fingerprint density at radius 3 is 2.02 bits per heavy atom. The van der Waals surface area contributed by atoms with Crippen molar-refractivity contribution in [2.75, 3.05) is 0 Å². The van der Waals surface area contributed by atoms with Crippen molar-refractivity contribution >= 4 is 104 Å². The summed E-state index contributed by atoms with van der Waals surface area (Å²) in [4.78, 5) is 11.1. The van der Waals surface area contributed by atoms with Gasteiger partial charge in [0.15, 0.2) is 11.4 Å². The van der Waals surface area contributed by atoms with Gasteiger partial charge in [-0.15, -0.1) is 0 Å². The Morgan fingerprint density at radius 1 is 0.500 bits per heavy atom. The van der Waals surface area contributed by atoms with Crippen LogP contribution in [0, 0.1) is 5.92 Å². The number of hydrogen-bond acceptors (Lipinski definition) is 4. The molecule has 5 nitrogen and oxygen atoms in total. The molecule has 0 amide bonds. The number of aromatic nitrogens is 1. The van der Waals surface area contributed by atoms with Gasteiger partial charge in [0.05, 0.1) is 28.1 Å². The molecule has 0 N–H and O–H groups in total. The molecule has 0 radical (unpaired) electrons. The van der Waals surface area contributed by atoms with Gasteiger partial charge in [0.1, 0.15) is 16.7 Å². The van der Waals surface area contributed by atoms with Crippen LogP contribution in [0.2, 0.25) is 0 Å². The summed E-state index contributed by atoms with van der Waals surface area (Å²) in [6.45, 7) is 2.26. The number of benzene rings is 9. The molecule has 292 valence electrons. The lowest BCUT2D eigenvalue weighted by molar-refractivity contribution is 0.666. The number of hydrogen-bond donors (Lipinski definition) is 0. The van der Waals surface area contributed by atoms with E-state index in [1.54, 1.807) is 0 Å². The average molecular weight is 796 g/mol. The van der Waals surface area contributed by atoms with Crippen LogP contribution in [-0.2, 0) is 0 Å². The van der Waals surface area contributed by atoms with Gasteiger partial charge in [-0.3, -0.25) is 0 Å². The van der Waals surface area contributed by atoms with Crippen molar-refractivity contribution in [3.05, 3.63) is 205 Å². The SMILES string of the molecule is CC1C/C=C(c2ccc3c(c2)oc2ccccc23)/N=C(c2ccc(-n3c4cc5ccccc5cc4c4ccc5ccccc5c43)c3oc4ccccc4c23)\N=C/1c1ccccc1. The van der Waals surface area contributed by atoms with Gasteiger partial charge in [-0.25, -0.2) is 9.98 Å². The minimum absolute atomic E-state index is 0.115. The second-order valence-electron chi connectivity index (χ2n) is 16.5. The van der Waals surface area contributed by atoms with Gasteiger partial charge in [-0.1, -0.05) is 146 Å². The third kappa shape index (κ3) is 5.28. The molecule has 1 aliphatic rings. The molecule has 1 unspecified atom stereocenters. The van der Waals surface area contributed by atoms with Crippen molar-refractivity contribution in [1.29, 1.82) is 0 Å². The highest BCUT2D eigenvalue weighted by molar-refractivity contribution is 6.26. The third-order valence-electron chi connectivity index (χ3n) is 12.8. The maximum absolute atomic E-state index is 7.06. The molecule has 9 aromatic carbocycles. The molecular formula is C57H37N3O2. The highest BCUT2D eigenvalue weighted by Gasteiger charge is 2.25. The van der Waals surface area contributed by atoms with E-state index in [2.05, 4.69) is 181 Å². The predicted molar refractivity (Wildman–Crippen MR) is 258 cm³/mol. The molecule has 13 rings (SSSR count). The normalized spacial score (nSPS) is 17.4. The zero-order valence-corrected chi connectivity index (χ0v) is 33.8. The molecular weight excluding hydrogens is 759 g/mol. The van der Waals surface area contributed by atoms with Crippen LogP contribution in [0.25, 0.3) is 98.6 Å². The van der Waals surface area contributed by atoms with E-state index in [-0.39, 0.29) is 5.92 Å². The smallest absolute Gasteiger partial charge is 0.160 e. The second-order valence-corrected chi connectivity index (χ2v) is 16.5. The minimum atomic E-state index is 0.115. The summed E-state index contributed by atoms with van der Waals surface area (Å²) in [5, 5.41) is 11.4. The molecule has 0 spiro atoms. The molecule has 1 aliphatic heterocycles. The topological polar surface area (TPSA) is 55.9 Å².